The molecule has 3 nitrogen and oxygen atoms in total. The van der Waals surface area contributed by atoms with E-state index in [1.165, 1.54) is 10.5 Å². The van der Waals surface area contributed by atoms with E-state index >= 15 is 0 Å². The predicted molar refractivity (Wildman–Crippen MR) is 43.1 cm³/mol. The normalized spacial score (nSPS) is 17.4. The van der Waals surface area contributed by atoms with E-state index in [9.17, 15) is 8.42 Å². The summed E-state index contributed by atoms with van der Waals surface area (Å²) in [6.07, 6.45) is 7.64. The maximum atomic E-state index is 11.2. The molecule has 0 aromatic rings. The maximum Gasteiger partial charge on any atom is 0.234 e. The van der Waals surface area contributed by atoms with Crippen LogP contribution in [0.3, 0.4) is 0 Å². The lowest BCUT2D eigenvalue weighted by Gasteiger charge is -2.18. The molecular weight excluding hydrogens is 162 g/mol. The second-order valence-electron chi connectivity index (χ2n) is 2.17. The van der Waals surface area contributed by atoms with Crippen LogP contribution in [0.1, 0.15) is 6.92 Å². The van der Waals surface area contributed by atoms with Crippen molar-refractivity contribution in [2.24, 2.45) is 0 Å². The lowest BCUT2D eigenvalue weighted by atomic mass is 10.4. The van der Waals surface area contributed by atoms with Gasteiger partial charge in [0.05, 0.1) is 12.3 Å². The van der Waals surface area contributed by atoms with Crippen molar-refractivity contribution in [3.05, 3.63) is 24.4 Å². The molecule has 0 unspecified atom stereocenters. The Balaban J connectivity index is 2.78. The highest BCUT2D eigenvalue weighted by Gasteiger charge is 2.14. The van der Waals surface area contributed by atoms with Gasteiger partial charge in [-0.05, 0) is 13.0 Å². The number of hydrogen-bond donors (Lipinski definition) is 0. The Hall–Kier alpha value is -0.770. The molecule has 1 radical (unpaired) electrons. The van der Waals surface area contributed by atoms with Gasteiger partial charge in [0, 0.05) is 6.20 Å². The number of rotatable bonds is 2. The van der Waals surface area contributed by atoms with Crippen molar-refractivity contribution >= 4 is 10.0 Å². The summed E-state index contributed by atoms with van der Waals surface area (Å²) >= 11 is 0. The van der Waals surface area contributed by atoms with Crippen LogP contribution in [0.5, 0.6) is 0 Å². The van der Waals surface area contributed by atoms with Gasteiger partial charge in [0.25, 0.3) is 0 Å². The third-order valence-electron chi connectivity index (χ3n) is 1.44. The molecule has 4 heteroatoms. The van der Waals surface area contributed by atoms with Crippen molar-refractivity contribution < 1.29 is 8.42 Å². The van der Waals surface area contributed by atoms with E-state index in [4.69, 9.17) is 0 Å². The summed E-state index contributed by atoms with van der Waals surface area (Å²) in [6.45, 7) is 2.06. The molecule has 1 rings (SSSR count). The Bertz CT molecular complexity index is 277. The minimum absolute atomic E-state index is 0.138. The Morgan fingerprint density at radius 3 is 2.82 bits per heavy atom. The van der Waals surface area contributed by atoms with Crippen molar-refractivity contribution in [2.45, 2.75) is 6.92 Å². The Kier molecular flexibility index (Phi) is 2.34. The zero-order valence-corrected chi connectivity index (χ0v) is 7.13. The maximum absolute atomic E-state index is 11.2. The molecule has 0 saturated carbocycles. The van der Waals surface area contributed by atoms with Crippen molar-refractivity contribution in [1.29, 1.82) is 0 Å². The second-order valence-corrected chi connectivity index (χ2v) is 4.38. The van der Waals surface area contributed by atoms with Crippen LogP contribution in [0.15, 0.2) is 18.4 Å². The van der Waals surface area contributed by atoms with Crippen LogP contribution in [0.2, 0.25) is 0 Å². The summed E-state index contributed by atoms with van der Waals surface area (Å²) in [5.41, 5.74) is 0. The first-order valence-electron chi connectivity index (χ1n) is 3.41. The van der Waals surface area contributed by atoms with E-state index in [0.29, 0.717) is 6.54 Å². The van der Waals surface area contributed by atoms with Gasteiger partial charge >= 0.3 is 0 Å². The first-order chi connectivity index (χ1) is 5.17. The van der Waals surface area contributed by atoms with Gasteiger partial charge in [-0.2, -0.15) is 0 Å². The molecule has 1 aliphatic rings. The molecule has 11 heavy (non-hydrogen) atoms. The van der Waals surface area contributed by atoms with E-state index in [1.54, 1.807) is 19.1 Å². The zero-order valence-electron chi connectivity index (χ0n) is 6.32. The van der Waals surface area contributed by atoms with Crippen LogP contribution < -0.4 is 0 Å². The van der Waals surface area contributed by atoms with E-state index < -0.39 is 10.0 Å². The van der Waals surface area contributed by atoms with Crippen LogP contribution in [-0.2, 0) is 10.0 Å². The van der Waals surface area contributed by atoms with Crippen LogP contribution in [0, 0.1) is 6.08 Å². The fourth-order valence-electron chi connectivity index (χ4n) is 0.763. The number of sulfonamides is 1. The van der Waals surface area contributed by atoms with Gasteiger partial charge in [0.2, 0.25) is 10.0 Å². The van der Waals surface area contributed by atoms with Gasteiger partial charge in [0.15, 0.2) is 0 Å². The molecule has 0 amide bonds. The van der Waals surface area contributed by atoms with Crippen molar-refractivity contribution in [2.75, 3.05) is 12.3 Å². The molecule has 0 atom stereocenters. The van der Waals surface area contributed by atoms with Crippen LogP contribution in [-0.4, -0.2) is 25.0 Å². The Morgan fingerprint density at radius 1 is 1.64 bits per heavy atom. The quantitative estimate of drug-likeness (QED) is 0.609. The van der Waals surface area contributed by atoms with Crippen molar-refractivity contribution in [3.63, 3.8) is 0 Å². The van der Waals surface area contributed by atoms with Crippen LogP contribution in [0.25, 0.3) is 0 Å². The van der Waals surface area contributed by atoms with Gasteiger partial charge < -0.3 is 0 Å². The highest BCUT2D eigenvalue weighted by molar-refractivity contribution is 7.89. The molecule has 0 aromatic carbocycles. The highest BCUT2D eigenvalue weighted by Crippen LogP contribution is 2.05. The monoisotopic (exact) mass is 172 g/mol. The summed E-state index contributed by atoms with van der Waals surface area (Å²) in [4.78, 5) is 0. The van der Waals surface area contributed by atoms with E-state index in [-0.39, 0.29) is 5.75 Å². The van der Waals surface area contributed by atoms with E-state index in [1.807, 2.05) is 0 Å². The first kappa shape index (κ1) is 8.33. The molecule has 0 N–H and O–H groups in total. The van der Waals surface area contributed by atoms with Gasteiger partial charge in [-0.3, -0.25) is 4.31 Å². The molecule has 0 saturated heterocycles. The Labute approximate surface area is 67.1 Å². The van der Waals surface area contributed by atoms with Crippen molar-refractivity contribution in [3.8, 4) is 0 Å². The van der Waals surface area contributed by atoms with Crippen LogP contribution >= 0.6 is 0 Å². The smallest absolute Gasteiger partial charge is 0.234 e. The summed E-state index contributed by atoms with van der Waals surface area (Å²) < 4.78 is 23.6. The molecule has 0 aromatic heterocycles. The minimum Gasteiger partial charge on any atom is -0.273 e. The number of allylic oxidation sites excluding steroid dienone is 2. The largest absolute Gasteiger partial charge is 0.273 e. The van der Waals surface area contributed by atoms with Gasteiger partial charge in [-0.1, -0.05) is 12.2 Å². The van der Waals surface area contributed by atoms with Crippen molar-refractivity contribution in [1.82, 2.24) is 4.31 Å². The number of hydrogen-bond acceptors (Lipinski definition) is 2. The fourth-order valence-corrected chi connectivity index (χ4v) is 1.63. The highest BCUT2D eigenvalue weighted by atomic mass is 32.2. The number of nitrogens with zero attached hydrogens (tertiary/aromatic N) is 1. The summed E-state index contributed by atoms with van der Waals surface area (Å²) in [6, 6.07) is 0. The topological polar surface area (TPSA) is 37.4 Å². The second kappa shape index (κ2) is 3.09. The van der Waals surface area contributed by atoms with Gasteiger partial charge in [-0.25, -0.2) is 8.42 Å². The third-order valence-corrected chi connectivity index (χ3v) is 3.14. The average molecular weight is 172 g/mol. The molecule has 0 spiro atoms. The summed E-state index contributed by atoms with van der Waals surface area (Å²) in [7, 11) is -3.06. The standard InChI is InChI=1S/C7H10NO2S/c1-2-11(9,10)8-6-4-3-5-7-8/h3-4,7H,2,6H2,1H3. The van der Waals surface area contributed by atoms with Gasteiger partial charge in [-0.15, -0.1) is 0 Å². The lowest BCUT2D eigenvalue weighted by molar-refractivity contribution is 0.521. The fraction of sp³-hybridized carbons (Fsp3) is 0.429. The molecule has 1 heterocycles. The third kappa shape index (κ3) is 1.83. The van der Waals surface area contributed by atoms with E-state index in [2.05, 4.69) is 6.08 Å². The molecule has 0 bridgehead atoms. The molecule has 0 fully saturated rings. The minimum atomic E-state index is -3.06. The van der Waals surface area contributed by atoms with Crippen LogP contribution in [0.4, 0.5) is 0 Å². The molecule has 0 aliphatic carbocycles. The predicted octanol–water partition coefficient (Wildman–Crippen LogP) is 0.525. The molecule has 61 valence electrons. The summed E-state index contributed by atoms with van der Waals surface area (Å²) in [5, 5.41) is 0. The first-order valence-corrected chi connectivity index (χ1v) is 5.01. The SMILES string of the molecule is CCS(=O)(=O)N1C=[C]C=CC1. The van der Waals surface area contributed by atoms with Gasteiger partial charge in [0.1, 0.15) is 0 Å². The Morgan fingerprint density at radius 2 is 2.36 bits per heavy atom. The summed E-state index contributed by atoms with van der Waals surface area (Å²) in [5.74, 6) is 0.138. The average Bonchev–Trinajstić information content (AvgIpc) is 2.06. The lowest BCUT2D eigenvalue weighted by Crippen LogP contribution is -2.28. The van der Waals surface area contributed by atoms with E-state index in [0.717, 1.165) is 0 Å². The zero-order chi connectivity index (χ0) is 8.32. The molecule has 1 aliphatic heterocycles. The molecular formula is C7H10NO2S.